The molecule has 1 atom stereocenters. The molecule has 0 spiro atoms. The third-order valence-electron chi connectivity index (χ3n) is 0.991. The van der Waals surface area contributed by atoms with E-state index in [0.717, 1.165) is 5.75 Å². The quantitative estimate of drug-likeness (QED) is 0.315. The standard InChI is InChI=1S/C4H7NO2S.C2H5NOS/c1-3-2-8-4(5-6)7-3;1-5-3-2-4/h3,6H,2H2,1H3;2H,1H3,(H,3,4). The van der Waals surface area contributed by atoms with Gasteiger partial charge < -0.3 is 14.7 Å². The van der Waals surface area contributed by atoms with Gasteiger partial charge in [0.2, 0.25) is 6.41 Å². The van der Waals surface area contributed by atoms with Crippen molar-refractivity contribution in [3.8, 4) is 0 Å². The SMILES string of the molecule is CC1CSC(=NO)O1.CSNC=O. The number of nitrogens with one attached hydrogen (secondary N) is 1. The number of thioether (sulfide) groups is 1. The molecule has 0 saturated carbocycles. The molecule has 0 aliphatic carbocycles. The molecule has 7 heteroatoms. The molecule has 1 amide bonds. The minimum absolute atomic E-state index is 0.200. The maximum atomic E-state index is 9.27. The Morgan fingerprint density at radius 2 is 2.62 bits per heavy atom. The summed E-state index contributed by atoms with van der Waals surface area (Å²) in [5, 5.41) is 11.4. The first kappa shape index (κ1) is 12.4. The lowest BCUT2D eigenvalue weighted by Crippen LogP contribution is -2.02. The first-order valence-electron chi connectivity index (χ1n) is 3.48. The molecule has 2 N–H and O–H groups in total. The highest BCUT2D eigenvalue weighted by Crippen LogP contribution is 2.18. The Morgan fingerprint density at radius 1 is 1.92 bits per heavy atom. The number of hydrogen-bond donors (Lipinski definition) is 2. The largest absolute Gasteiger partial charge is 0.467 e. The first-order valence-corrected chi connectivity index (χ1v) is 5.69. The normalized spacial score (nSPS) is 22.9. The van der Waals surface area contributed by atoms with Crippen LogP contribution in [0, 0.1) is 0 Å². The van der Waals surface area contributed by atoms with Crippen molar-refractivity contribution in [2.45, 2.75) is 13.0 Å². The lowest BCUT2D eigenvalue weighted by molar-refractivity contribution is -0.107. The highest BCUT2D eigenvalue weighted by atomic mass is 32.2. The second kappa shape index (κ2) is 8.06. The maximum absolute atomic E-state index is 9.27. The van der Waals surface area contributed by atoms with Gasteiger partial charge in [0.1, 0.15) is 6.10 Å². The minimum Gasteiger partial charge on any atom is -0.467 e. The monoisotopic (exact) mass is 224 g/mol. The van der Waals surface area contributed by atoms with Gasteiger partial charge in [0.05, 0.1) is 0 Å². The van der Waals surface area contributed by atoms with Crippen molar-refractivity contribution in [2.75, 3.05) is 12.0 Å². The highest BCUT2D eigenvalue weighted by Gasteiger charge is 2.17. The number of amides is 1. The van der Waals surface area contributed by atoms with E-state index >= 15 is 0 Å². The summed E-state index contributed by atoms with van der Waals surface area (Å²) in [7, 11) is 0. The third-order valence-corrected chi connectivity index (χ3v) is 2.38. The van der Waals surface area contributed by atoms with Crippen LogP contribution in [0.3, 0.4) is 0 Å². The van der Waals surface area contributed by atoms with Gasteiger partial charge in [0.25, 0.3) is 5.23 Å². The molecule has 0 aromatic carbocycles. The Kier molecular flexibility index (Phi) is 7.71. The van der Waals surface area contributed by atoms with E-state index in [1.807, 2.05) is 6.92 Å². The molecule has 0 aromatic rings. The summed E-state index contributed by atoms with van der Waals surface area (Å²) in [5.74, 6) is 0.888. The Labute approximate surface area is 85.4 Å². The van der Waals surface area contributed by atoms with E-state index < -0.39 is 0 Å². The van der Waals surface area contributed by atoms with E-state index in [2.05, 4.69) is 9.88 Å². The molecule has 1 heterocycles. The fourth-order valence-corrected chi connectivity index (χ4v) is 1.36. The average molecular weight is 224 g/mol. The molecule has 1 unspecified atom stereocenters. The summed E-state index contributed by atoms with van der Waals surface area (Å²) in [6.45, 7) is 1.94. The molecular formula is C6H12N2O3S2. The van der Waals surface area contributed by atoms with Gasteiger partial charge >= 0.3 is 0 Å². The van der Waals surface area contributed by atoms with Gasteiger partial charge in [-0.05, 0) is 12.1 Å². The average Bonchev–Trinajstić information content (AvgIpc) is 2.54. The fourth-order valence-electron chi connectivity index (χ4n) is 0.529. The van der Waals surface area contributed by atoms with Crippen LogP contribution in [0.5, 0.6) is 0 Å². The minimum atomic E-state index is 0.200. The van der Waals surface area contributed by atoms with Crippen LogP contribution in [0.4, 0.5) is 0 Å². The highest BCUT2D eigenvalue weighted by molar-refractivity contribution is 8.13. The van der Waals surface area contributed by atoms with Gasteiger partial charge in [0.15, 0.2) is 0 Å². The fraction of sp³-hybridized carbons (Fsp3) is 0.667. The molecule has 0 aromatic heterocycles. The maximum Gasteiger partial charge on any atom is 0.286 e. The Balaban J connectivity index is 0.000000252. The van der Waals surface area contributed by atoms with E-state index in [0.29, 0.717) is 11.6 Å². The second-order valence-corrected chi connectivity index (χ2v) is 3.66. The molecule has 1 fully saturated rings. The summed E-state index contributed by atoms with van der Waals surface area (Å²) in [4.78, 5) is 9.27. The molecule has 76 valence electrons. The number of carbonyl (C=O) groups excluding carboxylic acids is 1. The van der Waals surface area contributed by atoms with Crippen molar-refractivity contribution in [1.82, 2.24) is 4.72 Å². The predicted molar refractivity (Wildman–Crippen MR) is 54.9 cm³/mol. The number of oxime groups is 1. The molecule has 0 bridgehead atoms. The molecular weight excluding hydrogens is 212 g/mol. The van der Waals surface area contributed by atoms with Gasteiger partial charge in [-0.3, -0.25) is 4.79 Å². The number of ether oxygens (including phenoxy) is 1. The summed E-state index contributed by atoms with van der Waals surface area (Å²) in [6, 6.07) is 0. The zero-order valence-corrected chi connectivity index (χ0v) is 9.02. The molecule has 1 aliphatic heterocycles. The summed E-state index contributed by atoms with van der Waals surface area (Å²) >= 11 is 2.71. The Morgan fingerprint density at radius 3 is 2.77 bits per heavy atom. The number of rotatable bonds is 2. The van der Waals surface area contributed by atoms with Crippen LogP contribution in [0.15, 0.2) is 5.16 Å². The van der Waals surface area contributed by atoms with E-state index in [1.165, 1.54) is 23.7 Å². The molecule has 1 aliphatic rings. The van der Waals surface area contributed by atoms with Crippen molar-refractivity contribution >= 4 is 35.3 Å². The van der Waals surface area contributed by atoms with Gasteiger partial charge in [-0.15, -0.1) is 0 Å². The Bertz CT molecular complexity index is 177. The van der Waals surface area contributed by atoms with E-state index in [1.54, 1.807) is 6.26 Å². The van der Waals surface area contributed by atoms with Gasteiger partial charge in [-0.1, -0.05) is 23.7 Å². The predicted octanol–water partition coefficient (Wildman–Crippen LogP) is 0.894. The number of carbonyl (C=O) groups is 1. The van der Waals surface area contributed by atoms with Gasteiger partial charge in [0, 0.05) is 12.0 Å². The van der Waals surface area contributed by atoms with Crippen LogP contribution in [0.1, 0.15) is 6.92 Å². The Hall–Kier alpha value is -0.560. The third kappa shape index (κ3) is 6.59. The van der Waals surface area contributed by atoms with Gasteiger partial charge in [-0.2, -0.15) is 0 Å². The summed E-state index contributed by atoms with van der Waals surface area (Å²) < 4.78 is 7.32. The van der Waals surface area contributed by atoms with Crippen LogP contribution < -0.4 is 4.72 Å². The summed E-state index contributed by atoms with van der Waals surface area (Å²) in [6.07, 6.45) is 2.63. The zero-order chi connectivity index (χ0) is 10.1. The van der Waals surface area contributed by atoms with Crippen LogP contribution >= 0.6 is 23.7 Å². The topological polar surface area (TPSA) is 70.9 Å². The lowest BCUT2D eigenvalue weighted by atomic mass is 10.5. The number of nitrogens with zero attached hydrogens (tertiary/aromatic N) is 1. The molecule has 1 rings (SSSR count). The van der Waals surface area contributed by atoms with Crippen molar-refractivity contribution < 1.29 is 14.7 Å². The molecule has 13 heavy (non-hydrogen) atoms. The number of hydrogen-bond acceptors (Lipinski definition) is 6. The zero-order valence-electron chi connectivity index (χ0n) is 7.39. The molecule has 5 nitrogen and oxygen atoms in total. The van der Waals surface area contributed by atoms with E-state index in [-0.39, 0.29) is 6.10 Å². The molecule has 0 radical (unpaired) electrons. The molecule has 1 saturated heterocycles. The van der Waals surface area contributed by atoms with Crippen LogP contribution in [-0.4, -0.2) is 35.0 Å². The van der Waals surface area contributed by atoms with Crippen molar-refractivity contribution in [3.63, 3.8) is 0 Å². The van der Waals surface area contributed by atoms with Crippen LogP contribution in [0.2, 0.25) is 0 Å². The first-order chi connectivity index (χ1) is 6.24. The smallest absolute Gasteiger partial charge is 0.286 e. The second-order valence-electron chi connectivity index (χ2n) is 2.05. The van der Waals surface area contributed by atoms with E-state index in [4.69, 9.17) is 9.94 Å². The van der Waals surface area contributed by atoms with Crippen molar-refractivity contribution in [1.29, 1.82) is 0 Å². The van der Waals surface area contributed by atoms with Crippen molar-refractivity contribution in [3.05, 3.63) is 0 Å². The van der Waals surface area contributed by atoms with Crippen molar-refractivity contribution in [2.24, 2.45) is 5.16 Å². The van der Waals surface area contributed by atoms with E-state index in [9.17, 15) is 4.79 Å². The van der Waals surface area contributed by atoms with Crippen LogP contribution in [0.25, 0.3) is 0 Å². The van der Waals surface area contributed by atoms with Crippen LogP contribution in [-0.2, 0) is 9.53 Å². The summed E-state index contributed by atoms with van der Waals surface area (Å²) in [5.41, 5.74) is 0. The van der Waals surface area contributed by atoms with Gasteiger partial charge in [-0.25, -0.2) is 0 Å². The lowest BCUT2D eigenvalue weighted by Gasteiger charge is -1.96.